The van der Waals surface area contributed by atoms with E-state index in [1.54, 1.807) is 0 Å². The van der Waals surface area contributed by atoms with Crippen LogP contribution in [-0.4, -0.2) is 17.8 Å². The van der Waals surface area contributed by atoms with Gasteiger partial charge in [-0.2, -0.15) is 0 Å². The Bertz CT molecular complexity index is 746. The molecular formula is C21H24FNO2. The summed E-state index contributed by atoms with van der Waals surface area (Å²) in [6.07, 6.45) is 2.66. The second kappa shape index (κ2) is 6.77. The lowest BCUT2D eigenvalue weighted by molar-refractivity contribution is -0.110. The third-order valence-corrected chi connectivity index (χ3v) is 5.55. The first-order valence-corrected chi connectivity index (χ1v) is 9.10. The quantitative estimate of drug-likeness (QED) is 0.870. The Hall–Kier alpha value is -1.91. The van der Waals surface area contributed by atoms with Crippen molar-refractivity contribution in [2.24, 2.45) is 5.92 Å². The predicted molar refractivity (Wildman–Crippen MR) is 96.0 cm³/mol. The maximum Gasteiger partial charge on any atom is 0.123 e. The number of aliphatic hydroxyl groups excluding tert-OH is 1. The summed E-state index contributed by atoms with van der Waals surface area (Å²) in [4.78, 5) is 0. The molecule has 0 radical (unpaired) electrons. The maximum absolute atomic E-state index is 13.3. The summed E-state index contributed by atoms with van der Waals surface area (Å²) >= 11 is 0. The van der Waals surface area contributed by atoms with Gasteiger partial charge in [-0.25, -0.2) is 4.39 Å². The van der Waals surface area contributed by atoms with E-state index in [0.29, 0.717) is 0 Å². The van der Waals surface area contributed by atoms with E-state index in [9.17, 15) is 9.50 Å². The van der Waals surface area contributed by atoms with Crippen LogP contribution in [0.2, 0.25) is 0 Å². The molecule has 4 heteroatoms. The smallest absolute Gasteiger partial charge is 0.123 e. The molecule has 0 spiro atoms. The van der Waals surface area contributed by atoms with E-state index < -0.39 is 0 Å². The van der Waals surface area contributed by atoms with Crippen molar-refractivity contribution in [2.75, 3.05) is 11.9 Å². The molecule has 132 valence electrons. The Balaban J connectivity index is 1.75. The van der Waals surface area contributed by atoms with E-state index in [2.05, 4.69) is 30.4 Å². The standard InChI is InChI=1S/C21H24FNO2/c1-2-13-3-10-19-18(11-13)21-17(9-8-16(12-24)25-21)20(23-19)14-4-6-15(22)7-5-14/h3-7,10-11,16-17,20-21,23-24H,2,8-9,12H2,1H3/t16-,17-,20+,21-/m1/s1. The Kier molecular flexibility index (Phi) is 4.48. The summed E-state index contributed by atoms with van der Waals surface area (Å²) in [7, 11) is 0. The van der Waals surface area contributed by atoms with Gasteiger partial charge in [0.15, 0.2) is 0 Å². The minimum Gasteiger partial charge on any atom is -0.394 e. The number of fused-ring (bicyclic) bond motifs is 3. The molecule has 2 aromatic rings. The zero-order valence-electron chi connectivity index (χ0n) is 14.4. The van der Waals surface area contributed by atoms with Crippen molar-refractivity contribution in [3.63, 3.8) is 0 Å². The fraction of sp³-hybridized carbons (Fsp3) is 0.429. The molecule has 0 aliphatic carbocycles. The van der Waals surface area contributed by atoms with Crippen LogP contribution < -0.4 is 5.32 Å². The fourth-order valence-electron chi connectivity index (χ4n) is 4.16. The van der Waals surface area contributed by atoms with Crippen molar-refractivity contribution in [3.05, 3.63) is 65.0 Å². The molecule has 1 saturated heterocycles. The average Bonchev–Trinajstić information content (AvgIpc) is 2.67. The molecule has 2 N–H and O–H groups in total. The normalized spacial score (nSPS) is 28.0. The van der Waals surface area contributed by atoms with Crippen molar-refractivity contribution in [1.29, 1.82) is 0 Å². The van der Waals surface area contributed by atoms with Crippen molar-refractivity contribution >= 4 is 5.69 Å². The molecule has 1 fully saturated rings. The second-order valence-electron chi connectivity index (χ2n) is 7.05. The van der Waals surface area contributed by atoms with Gasteiger partial charge in [-0.05, 0) is 48.6 Å². The fourth-order valence-corrected chi connectivity index (χ4v) is 4.16. The number of aryl methyl sites for hydroxylation is 1. The Morgan fingerprint density at radius 2 is 1.96 bits per heavy atom. The Morgan fingerprint density at radius 3 is 2.68 bits per heavy atom. The van der Waals surface area contributed by atoms with Gasteiger partial charge in [0.2, 0.25) is 0 Å². The number of rotatable bonds is 3. The number of hydrogen-bond donors (Lipinski definition) is 2. The van der Waals surface area contributed by atoms with Crippen molar-refractivity contribution in [2.45, 2.75) is 44.4 Å². The number of nitrogens with one attached hydrogen (secondary N) is 1. The summed E-state index contributed by atoms with van der Waals surface area (Å²) in [6, 6.07) is 13.3. The molecule has 2 aliphatic rings. The molecule has 25 heavy (non-hydrogen) atoms. The van der Waals surface area contributed by atoms with Crippen LogP contribution in [0.1, 0.15) is 48.6 Å². The maximum atomic E-state index is 13.3. The monoisotopic (exact) mass is 341 g/mol. The lowest BCUT2D eigenvalue weighted by atomic mass is 9.76. The summed E-state index contributed by atoms with van der Waals surface area (Å²) in [6.45, 7) is 2.20. The topological polar surface area (TPSA) is 41.5 Å². The molecule has 0 saturated carbocycles. The van der Waals surface area contributed by atoms with Gasteiger partial charge in [0.25, 0.3) is 0 Å². The van der Waals surface area contributed by atoms with Gasteiger partial charge >= 0.3 is 0 Å². The highest BCUT2D eigenvalue weighted by Gasteiger charge is 2.42. The van der Waals surface area contributed by atoms with Crippen molar-refractivity contribution < 1.29 is 14.2 Å². The summed E-state index contributed by atoms with van der Waals surface area (Å²) < 4.78 is 19.6. The van der Waals surface area contributed by atoms with Crippen LogP contribution in [0, 0.1) is 11.7 Å². The summed E-state index contributed by atoms with van der Waals surface area (Å²) in [5.41, 5.74) is 4.62. The van der Waals surface area contributed by atoms with Gasteiger partial charge < -0.3 is 15.2 Å². The molecule has 2 aromatic carbocycles. The molecule has 0 bridgehead atoms. The lowest BCUT2D eigenvalue weighted by Crippen LogP contribution is -2.40. The van der Waals surface area contributed by atoms with Gasteiger partial charge in [-0.1, -0.05) is 31.2 Å². The van der Waals surface area contributed by atoms with Crippen molar-refractivity contribution in [1.82, 2.24) is 0 Å². The third kappa shape index (κ3) is 3.05. The SMILES string of the molecule is CCc1ccc2c(c1)[C@@H]1O[C@@H](CO)CC[C@@H]1[C@H](c1ccc(F)cc1)N2. The highest BCUT2D eigenvalue weighted by Crippen LogP contribution is 2.50. The number of anilines is 1. The summed E-state index contributed by atoms with van der Waals surface area (Å²) in [5.74, 6) is 0.0530. The average molecular weight is 341 g/mol. The highest BCUT2D eigenvalue weighted by molar-refractivity contribution is 5.58. The van der Waals surface area contributed by atoms with Gasteiger partial charge in [0.05, 0.1) is 24.9 Å². The largest absolute Gasteiger partial charge is 0.394 e. The molecule has 0 aromatic heterocycles. The molecule has 4 atom stereocenters. The van der Waals surface area contributed by atoms with Crippen LogP contribution in [0.3, 0.4) is 0 Å². The van der Waals surface area contributed by atoms with Gasteiger partial charge in [0, 0.05) is 17.2 Å². The van der Waals surface area contributed by atoms with E-state index in [-0.39, 0.29) is 36.6 Å². The highest BCUT2D eigenvalue weighted by atomic mass is 19.1. The number of halogens is 1. The minimum atomic E-state index is -0.218. The lowest BCUT2D eigenvalue weighted by Gasteiger charge is -2.45. The van der Waals surface area contributed by atoms with Crippen LogP contribution in [0.4, 0.5) is 10.1 Å². The number of benzene rings is 2. The first-order valence-electron chi connectivity index (χ1n) is 9.10. The Morgan fingerprint density at radius 1 is 1.16 bits per heavy atom. The molecule has 3 nitrogen and oxygen atoms in total. The van der Waals surface area contributed by atoms with Crippen molar-refractivity contribution in [3.8, 4) is 0 Å². The van der Waals surface area contributed by atoms with Gasteiger partial charge in [0.1, 0.15) is 5.82 Å². The molecule has 0 amide bonds. The van der Waals surface area contributed by atoms with Crippen LogP contribution >= 0.6 is 0 Å². The third-order valence-electron chi connectivity index (χ3n) is 5.55. The van der Waals surface area contributed by atoms with Crippen LogP contribution in [0.25, 0.3) is 0 Å². The number of aliphatic hydroxyl groups is 1. The summed E-state index contributed by atoms with van der Waals surface area (Å²) in [5, 5.41) is 13.2. The van der Waals surface area contributed by atoms with Crippen LogP contribution in [0.15, 0.2) is 42.5 Å². The predicted octanol–water partition coefficient (Wildman–Crippen LogP) is 4.38. The minimum absolute atomic E-state index is 0.0382. The number of hydrogen-bond acceptors (Lipinski definition) is 3. The van der Waals surface area contributed by atoms with E-state index in [4.69, 9.17) is 4.74 Å². The molecular weight excluding hydrogens is 317 g/mol. The molecule has 2 aliphatic heterocycles. The Labute approximate surface area is 147 Å². The van der Waals surface area contributed by atoms with Crippen LogP contribution in [-0.2, 0) is 11.2 Å². The second-order valence-corrected chi connectivity index (χ2v) is 7.05. The zero-order valence-corrected chi connectivity index (χ0v) is 14.4. The number of ether oxygens (including phenoxy) is 1. The molecule has 0 unspecified atom stereocenters. The van der Waals surface area contributed by atoms with E-state index in [1.165, 1.54) is 23.3 Å². The van der Waals surface area contributed by atoms with Gasteiger partial charge in [-0.15, -0.1) is 0 Å². The van der Waals surface area contributed by atoms with E-state index in [1.807, 2.05) is 12.1 Å². The van der Waals surface area contributed by atoms with Crippen LogP contribution in [0.5, 0.6) is 0 Å². The van der Waals surface area contributed by atoms with E-state index >= 15 is 0 Å². The first kappa shape index (κ1) is 16.6. The first-order chi connectivity index (χ1) is 12.2. The van der Waals surface area contributed by atoms with Gasteiger partial charge in [-0.3, -0.25) is 0 Å². The molecule has 4 rings (SSSR count). The molecule has 2 heterocycles. The van der Waals surface area contributed by atoms with E-state index in [0.717, 1.165) is 30.5 Å². The zero-order chi connectivity index (χ0) is 17.4.